The number of hydrogen-bond acceptors (Lipinski definition) is 2. The molecule has 0 radical (unpaired) electrons. The van der Waals surface area contributed by atoms with Crippen LogP contribution in [-0.2, 0) is 11.3 Å². The van der Waals surface area contributed by atoms with Gasteiger partial charge < -0.3 is 15.4 Å². The fourth-order valence-corrected chi connectivity index (χ4v) is 2.23. The van der Waals surface area contributed by atoms with E-state index >= 15 is 0 Å². The monoisotopic (exact) mass is 449 g/mol. The van der Waals surface area contributed by atoms with Crippen LogP contribution in [0.4, 0.5) is 4.39 Å². The number of nitrogens with zero attached hydrogens (tertiary/aromatic N) is 1. The zero-order chi connectivity index (χ0) is 16.5. The maximum absolute atomic E-state index is 13.3. The Morgan fingerprint density at radius 3 is 2.79 bits per heavy atom. The minimum absolute atomic E-state index is 0. The van der Waals surface area contributed by atoms with Crippen LogP contribution in [0.3, 0.4) is 0 Å². The van der Waals surface area contributed by atoms with Crippen molar-refractivity contribution >= 4 is 29.9 Å². The van der Waals surface area contributed by atoms with Crippen molar-refractivity contribution in [3.8, 4) is 0 Å². The van der Waals surface area contributed by atoms with Crippen molar-refractivity contribution in [3.05, 3.63) is 35.1 Å². The maximum atomic E-state index is 13.3. The van der Waals surface area contributed by atoms with E-state index in [1.807, 2.05) is 13.0 Å². The molecule has 2 N–H and O–H groups in total. The van der Waals surface area contributed by atoms with Crippen LogP contribution in [0.1, 0.15) is 37.3 Å². The van der Waals surface area contributed by atoms with Gasteiger partial charge in [-0.1, -0.05) is 12.1 Å². The third-order valence-corrected chi connectivity index (χ3v) is 3.79. The number of rotatable bonds is 9. The van der Waals surface area contributed by atoms with Crippen LogP contribution in [0.15, 0.2) is 23.2 Å². The quantitative estimate of drug-likeness (QED) is 0.262. The fourth-order valence-electron chi connectivity index (χ4n) is 2.23. The van der Waals surface area contributed by atoms with Crippen LogP contribution in [0.5, 0.6) is 0 Å². The Labute approximate surface area is 161 Å². The van der Waals surface area contributed by atoms with E-state index < -0.39 is 0 Å². The molecule has 0 aliphatic heterocycles. The number of halogens is 2. The fraction of sp³-hybridized carbons (Fsp3) is 0.611. The van der Waals surface area contributed by atoms with Crippen LogP contribution >= 0.6 is 24.0 Å². The smallest absolute Gasteiger partial charge is 0.191 e. The number of guanidine groups is 1. The molecule has 1 aromatic rings. The minimum atomic E-state index is -0.172. The molecule has 4 nitrogen and oxygen atoms in total. The zero-order valence-electron chi connectivity index (χ0n) is 14.6. The molecule has 0 bridgehead atoms. The summed E-state index contributed by atoms with van der Waals surface area (Å²) in [5.74, 6) is 1.44. The second-order valence-corrected chi connectivity index (χ2v) is 6.08. The van der Waals surface area contributed by atoms with E-state index in [9.17, 15) is 4.39 Å². The van der Waals surface area contributed by atoms with Gasteiger partial charge in [0.2, 0.25) is 0 Å². The minimum Gasteiger partial charge on any atom is -0.381 e. The van der Waals surface area contributed by atoms with E-state index in [-0.39, 0.29) is 29.8 Å². The number of hydrogen-bond donors (Lipinski definition) is 2. The standard InChI is InChI=1S/C18H28FN3O.HI/c1-3-20-18(21-9-4-10-23-13-15-5-6-15)22-12-16-7-8-17(19)14(2)11-16;/h7-8,11,15H,3-6,9-10,12-13H2,1-2H3,(H2,20,21,22);1H. The lowest BCUT2D eigenvalue weighted by atomic mass is 10.1. The number of aryl methyl sites for hydroxylation is 1. The lowest BCUT2D eigenvalue weighted by Gasteiger charge is -2.11. The highest BCUT2D eigenvalue weighted by molar-refractivity contribution is 14.0. The van der Waals surface area contributed by atoms with Crippen molar-refractivity contribution in [2.24, 2.45) is 10.9 Å². The summed E-state index contributed by atoms with van der Waals surface area (Å²) >= 11 is 0. The summed E-state index contributed by atoms with van der Waals surface area (Å²) in [5.41, 5.74) is 1.66. The van der Waals surface area contributed by atoms with Crippen LogP contribution in [0.2, 0.25) is 0 Å². The van der Waals surface area contributed by atoms with Gasteiger partial charge in [0.25, 0.3) is 0 Å². The molecule has 6 heteroatoms. The third-order valence-electron chi connectivity index (χ3n) is 3.79. The average Bonchev–Trinajstić information content (AvgIpc) is 3.35. The van der Waals surface area contributed by atoms with Crippen molar-refractivity contribution in [2.45, 2.75) is 39.7 Å². The van der Waals surface area contributed by atoms with Gasteiger partial charge in [-0.05, 0) is 56.2 Å². The van der Waals surface area contributed by atoms with Crippen LogP contribution < -0.4 is 10.6 Å². The largest absolute Gasteiger partial charge is 0.381 e. The second-order valence-electron chi connectivity index (χ2n) is 6.08. The molecule has 1 aliphatic rings. The first-order valence-electron chi connectivity index (χ1n) is 8.54. The summed E-state index contributed by atoms with van der Waals surface area (Å²) in [6.45, 7) is 7.70. The highest BCUT2D eigenvalue weighted by Crippen LogP contribution is 2.28. The average molecular weight is 449 g/mol. The van der Waals surface area contributed by atoms with Gasteiger partial charge in [0.1, 0.15) is 5.82 Å². The SMILES string of the molecule is CCNC(=NCc1ccc(F)c(C)c1)NCCCOCC1CC1.I. The Morgan fingerprint density at radius 2 is 2.12 bits per heavy atom. The summed E-state index contributed by atoms with van der Waals surface area (Å²) in [4.78, 5) is 4.54. The molecule has 24 heavy (non-hydrogen) atoms. The third kappa shape index (κ3) is 8.28. The first-order chi connectivity index (χ1) is 11.2. The Balaban J connectivity index is 0.00000288. The molecule has 0 spiro atoms. The first kappa shape index (κ1) is 21.2. The Bertz CT molecular complexity index is 521. The van der Waals surface area contributed by atoms with E-state index in [2.05, 4.69) is 15.6 Å². The van der Waals surface area contributed by atoms with E-state index in [1.54, 1.807) is 13.0 Å². The highest BCUT2D eigenvalue weighted by Gasteiger charge is 2.20. The van der Waals surface area contributed by atoms with Gasteiger partial charge in [0.05, 0.1) is 6.54 Å². The van der Waals surface area contributed by atoms with Gasteiger partial charge in [0, 0.05) is 26.3 Å². The predicted molar refractivity (Wildman–Crippen MR) is 108 cm³/mol. The molecule has 0 atom stereocenters. The molecule has 1 aromatic carbocycles. The molecule has 1 aliphatic carbocycles. The summed E-state index contributed by atoms with van der Waals surface area (Å²) in [5, 5.41) is 6.53. The lowest BCUT2D eigenvalue weighted by molar-refractivity contribution is 0.123. The van der Waals surface area contributed by atoms with Crippen molar-refractivity contribution in [1.82, 2.24) is 10.6 Å². The van der Waals surface area contributed by atoms with Gasteiger partial charge in [-0.3, -0.25) is 0 Å². The van der Waals surface area contributed by atoms with Gasteiger partial charge in [-0.15, -0.1) is 24.0 Å². The summed E-state index contributed by atoms with van der Waals surface area (Å²) in [7, 11) is 0. The van der Waals surface area contributed by atoms with Crippen LogP contribution in [0, 0.1) is 18.7 Å². The number of aliphatic imine (C=N–C) groups is 1. The summed E-state index contributed by atoms with van der Waals surface area (Å²) < 4.78 is 18.9. The Morgan fingerprint density at radius 1 is 1.33 bits per heavy atom. The number of benzene rings is 1. The van der Waals surface area contributed by atoms with E-state index in [1.165, 1.54) is 18.9 Å². The molecule has 136 valence electrons. The normalized spacial score (nSPS) is 14.2. The summed E-state index contributed by atoms with van der Waals surface area (Å²) in [6, 6.07) is 5.12. The molecule has 0 heterocycles. The van der Waals surface area contributed by atoms with Crippen molar-refractivity contribution in [3.63, 3.8) is 0 Å². The number of ether oxygens (including phenoxy) is 1. The molecule has 1 saturated carbocycles. The van der Waals surface area contributed by atoms with E-state index in [0.29, 0.717) is 12.1 Å². The van der Waals surface area contributed by atoms with Gasteiger partial charge in [-0.2, -0.15) is 0 Å². The number of nitrogens with one attached hydrogen (secondary N) is 2. The molecule has 0 saturated heterocycles. The van der Waals surface area contributed by atoms with E-state index in [4.69, 9.17) is 4.74 Å². The van der Waals surface area contributed by atoms with Gasteiger partial charge in [-0.25, -0.2) is 9.38 Å². The molecule has 0 amide bonds. The molecular weight excluding hydrogens is 420 g/mol. The lowest BCUT2D eigenvalue weighted by Crippen LogP contribution is -2.38. The molecular formula is C18H29FIN3O. The first-order valence-corrected chi connectivity index (χ1v) is 8.54. The second kappa shape index (κ2) is 11.6. The predicted octanol–water partition coefficient (Wildman–Crippen LogP) is 3.62. The Kier molecular flexibility index (Phi) is 10.2. The van der Waals surface area contributed by atoms with Gasteiger partial charge in [0.15, 0.2) is 5.96 Å². The van der Waals surface area contributed by atoms with Gasteiger partial charge >= 0.3 is 0 Å². The molecule has 1 fully saturated rings. The van der Waals surface area contributed by atoms with Crippen LogP contribution in [0.25, 0.3) is 0 Å². The molecule has 0 aromatic heterocycles. The Hall–Kier alpha value is -0.890. The van der Waals surface area contributed by atoms with Crippen molar-refractivity contribution in [2.75, 3.05) is 26.3 Å². The van der Waals surface area contributed by atoms with E-state index in [0.717, 1.165) is 50.2 Å². The van der Waals surface area contributed by atoms with Crippen molar-refractivity contribution in [1.29, 1.82) is 0 Å². The topological polar surface area (TPSA) is 45.7 Å². The summed E-state index contributed by atoms with van der Waals surface area (Å²) in [6.07, 6.45) is 3.63. The van der Waals surface area contributed by atoms with Crippen molar-refractivity contribution < 1.29 is 9.13 Å². The highest BCUT2D eigenvalue weighted by atomic mass is 127. The molecule has 0 unspecified atom stereocenters. The van der Waals surface area contributed by atoms with Crippen LogP contribution in [-0.4, -0.2) is 32.3 Å². The zero-order valence-corrected chi connectivity index (χ0v) is 16.9. The molecule has 2 rings (SSSR count). The maximum Gasteiger partial charge on any atom is 0.191 e.